The molecule has 1 aromatic rings. The van der Waals surface area contributed by atoms with Gasteiger partial charge in [0.15, 0.2) is 0 Å². The topological polar surface area (TPSA) is 44.1 Å². The van der Waals surface area contributed by atoms with Crippen molar-refractivity contribution in [2.24, 2.45) is 0 Å². The van der Waals surface area contributed by atoms with Gasteiger partial charge in [0.1, 0.15) is 5.75 Å². The number of unbranched alkanes of at least 4 members (excludes halogenated alkanes) is 4. The zero-order chi connectivity index (χ0) is 11.8. The van der Waals surface area contributed by atoms with E-state index < -0.39 is 0 Å². The minimum Gasteiger partial charge on any atom is -0.507 e. The van der Waals surface area contributed by atoms with Crippen molar-refractivity contribution in [1.82, 2.24) is 0 Å². The van der Waals surface area contributed by atoms with Gasteiger partial charge in [-0.15, -0.1) is 0 Å². The number of benzene rings is 1. The van der Waals surface area contributed by atoms with Gasteiger partial charge in [-0.05, 0) is 25.0 Å². The average Bonchev–Trinajstić information content (AvgIpc) is 2.29. The van der Waals surface area contributed by atoms with Gasteiger partial charge in [-0.1, -0.05) is 44.7 Å². The van der Waals surface area contributed by atoms with Crippen molar-refractivity contribution in [3.63, 3.8) is 0 Å². The van der Waals surface area contributed by atoms with E-state index in [1.807, 2.05) is 12.1 Å². The minimum absolute atomic E-state index is 0.223. The molecule has 2 nitrogen and oxygen atoms in total. The van der Waals surface area contributed by atoms with E-state index in [1.54, 1.807) is 12.1 Å². The molecule has 0 bridgehead atoms. The molecule has 0 aliphatic heterocycles. The summed E-state index contributed by atoms with van der Waals surface area (Å²) in [6, 6.07) is 7.10. The molecule has 1 aromatic carbocycles. The maximum absolute atomic E-state index is 9.58. The Morgan fingerprint density at radius 2 is 1.81 bits per heavy atom. The van der Waals surface area contributed by atoms with Crippen LogP contribution in [0.4, 0.5) is 0 Å². The Balaban J connectivity index is 2.33. The second-order valence-electron chi connectivity index (χ2n) is 4.16. The van der Waals surface area contributed by atoms with Crippen LogP contribution < -0.4 is 0 Å². The standard InChI is InChI=1S/C14H21NO/c1-2-3-4-5-6-10-13(15)12-9-7-8-11-14(12)16/h7-9,11,15-16H,2-6,10H2,1H3. The highest BCUT2D eigenvalue weighted by atomic mass is 16.3. The maximum atomic E-state index is 9.58. The molecule has 0 spiro atoms. The summed E-state index contributed by atoms with van der Waals surface area (Å²) in [5, 5.41) is 17.5. The third kappa shape index (κ3) is 4.05. The third-order valence-electron chi connectivity index (χ3n) is 2.76. The lowest BCUT2D eigenvalue weighted by Gasteiger charge is -2.06. The Labute approximate surface area is 97.8 Å². The van der Waals surface area contributed by atoms with E-state index in [0.29, 0.717) is 11.3 Å². The van der Waals surface area contributed by atoms with E-state index in [4.69, 9.17) is 5.41 Å². The van der Waals surface area contributed by atoms with Crippen molar-refractivity contribution >= 4 is 5.71 Å². The fraction of sp³-hybridized carbons (Fsp3) is 0.500. The zero-order valence-electron chi connectivity index (χ0n) is 10.00. The van der Waals surface area contributed by atoms with Crippen molar-refractivity contribution in [2.75, 3.05) is 0 Å². The first-order valence-electron chi connectivity index (χ1n) is 6.11. The quantitative estimate of drug-likeness (QED) is 0.526. The number of aromatic hydroxyl groups is 1. The number of rotatable bonds is 7. The highest BCUT2D eigenvalue weighted by molar-refractivity contribution is 6.00. The van der Waals surface area contributed by atoms with Crippen LogP contribution in [0.1, 0.15) is 51.0 Å². The molecular weight excluding hydrogens is 198 g/mol. The lowest BCUT2D eigenvalue weighted by Crippen LogP contribution is -1.99. The Morgan fingerprint density at radius 3 is 2.50 bits per heavy atom. The summed E-state index contributed by atoms with van der Waals surface area (Å²) < 4.78 is 0. The van der Waals surface area contributed by atoms with Crippen LogP contribution in [-0.2, 0) is 0 Å². The zero-order valence-corrected chi connectivity index (χ0v) is 10.00. The largest absolute Gasteiger partial charge is 0.507 e. The van der Waals surface area contributed by atoms with Crippen LogP contribution in [0.5, 0.6) is 5.75 Å². The summed E-state index contributed by atoms with van der Waals surface area (Å²) in [4.78, 5) is 0. The molecule has 0 radical (unpaired) electrons. The molecule has 2 N–H and O–H groups in total. The summed E-state index contributed by atoms with van der Waals surface area (Å²) in [5.74, 6) is 0.223. The average molecular weight is 219 g/mol. The first kappa shape index (κ1) is 12.8. The molecule has 1 rings (SSSR count). The van der Waals surface area contributed by atoms with Crippen LogP contribution in [0.15, 0.2) is 24.3 Å². The van der Waals surface area contributed by atoms with Gasteiger partial charge in [-0.2, -0.15) is 0 Å². The lowest BCUT2D eigenvalue weighted by molar-refractivity contribution is 0.474. The van der Waals surface area contributed by atoms with Crippen LogP contribution in [0.25, 0.3) is 0 Å². The fourth-order valence-corrected chi connectivity index (χ4v) is 1.77. The predicted octanol–water partition coefficient (Wildman–Crippen LogP) is 4.12. The monoisotopic (exact) mass is 219 g/mol. The number of hydrogen-bond donors (Lipinski definition) is 2. The second-order valence-corrected chi connectivity index (χ2v) is 4.16. The summed E-state index contributed by atoms with van der Waals surface area (Å²) in [7, 11) is 0. The molecular formula is C14H21NO. The number of phenols is 1. The maximum Gasteiger partial charge on any atom is 0.124 e. The van der Waals surface area contributed by atoms with Crippen molar-refractivity contribution < 1.29 is 5.11 Å². The molecule has 0 amide bonds. The highest BCUT2D eigenvalue weighted by Crippen LogP contribution is 2.18. The third-order valence-corrected chi connectivity index (χ3v) is 2.76. The van der Waals surface area contributed by atoms with E-state index in [0.717, 1.165) is 12.8 Å². The smallest absolute Gasteiger partial charge is 0.124 e. The van der Waals surface area contributed by atoms with Gasteiger partial charge in [0, 0.05) is 11.3 Å². The molecule has 0 saturated heterocycles. The summed E-state index contributed by atoms with van der Waals surface area (Å²) in [6.07, 6.45) is 6.78. The number of para-hydroxylation sites is 1. The van der Waals surface area contributed by atoms with Crippen molar-refractivity contribution in [1.29, 1.82) is 5.41 Å². The molecule has 0 aliphatic carbocycles. The Hall–Kier alpha value is -1.31. The fourth-order valence-electron chi connectivity index (χ4n) is 1.77. The Kier molecular flexibility index (Phi) is 5.62. The molecule has 0 heterocycles. The number of hydrogen-bond acceptors (Lipinski definition) is 2. The lowest BCUT2D eigenvalue weighted by atomic mass is 10.0. The first-order valence-corrected chi connectivity index (χ1v) is 6.11. The molecule has 0 saturated carbocycles. The molecule has 0 fully saturated rings. The Morgan fingerprint density at radius 1 is 1.12 bits per heavy atom. The van der Waals surface area contributed by atoms with E-state index in [9.17, 15) is 5.11 Å². The van der Waals surface area contributed by atoms with Crippen molar-refractivity contribution in [2.45, 2.75) is 45.4 Å². The van der Waals surface area contributed by atoms with Gasteiger partial charge in [0.25, 0.3) is 0 Å². The number of nitrogens with one attached hydrogen (secondary N) is 1. The van der Waals surface area contributed by atoms with Gasteiger partial charge in [0.05, 0.1) is 0 Å². The van der Waals surface area contributed by atoms with Crippen LogP contribution >= 0.6 is 0 Å². The van der Waals surface area contributed by atoms with Crippen molar-refractivity contribution in [3.8, 4) is 5.75 Å². The van der Waals surface area contributed by atoms with Gasteiger partial charge in [0.2, 0.25) is 0 Å². The van der Waals surface area contributed by atoms with Gasteiger partial charge in [-0.3, -0.25) is 0 Å². The van der Waals surface area contributed by atoms with Crippen molar-refractivity contribution in [3.05, 3.63) is 29.8 Å². The van der Waals surface area contributed by atoms with E-state index in [1.165, 1.54) is 25.7 Å². The summed E-state index contributed by atoms with van der Waals surface area (Å²) >= 11 is 0. The van der Waals surface area contributed by atoms with E-state index >= 15 is 0 Å². The van der Waals surface area contributed by atoms with Crippen LogP contribution in [0.3, 0.4) is 0 Å². The molecule has 0 aliphatic rings. The summed E-state index contributed by atoms with van der Waals surface area (Å²) in [6.45, 7) is 2.20. The molecule has 0 aromatic heterocycles. The minimum atomic E-state index is 0.223. The second kappa shape index (κ2) is 7.04. The Bertz CT molecular complexity index is 333. The van der Waals surface area contributed by atoms with Crippen LogP contribution in [0, 0.1) is 5.41 Å². The van der Waals surface area contributed by atoms with Crippen LogP contribution in [-0.4, -0.2) is 10.8 Å². The SMILES string of the molecule is CCCCCCCC(=N)c1ccccc1O. The van der Waals surface area contributed by atoms with Crippen LogP contribution in [0.2, 0.25) is 0 Å². The van der Waals surface area contributed by atoms with Gasteiger partial charge in [-0.25, -0.2) is 0 Å². The van der Waals surface area contributed by atoms with E-state index in [-0.39, 0.29) is 5.75 Å². The number of phenolic OH excluding ortho intramolecular Hbond substituents is 1. The van der Waals surface area contributed by atoms with E-state index in [2.05, 4.69) is 6.92 Å². The highest BCUT2D eigenvalue weighted by Gasteiger charge is 2.05. The normalized spacial score (nSPS) is 10.3. The molecule has 88 valence electrons. The molecule has 0 unspecified atom stereocenters. The molecule has 2 heteroatoms. The molecule has 16 heavy (non-hydrogen) atoms. The summed E-state index contributed by atoms with van der Waals surface area (Å²) in [5.41, 5.74) is 1.23. The molecule has 0 atom stereocenters. The predicted molar refractivity (Wildman–Crippen MR) is 68.3 cm³/mol. The van der Waals surface area contributed by atoms with Gasteiger partial charge < -0.3 is 10.5 Å². The first-order chi connectivity index (χ1) is 7.75. The van der Waals surface area contributed by atoms with Gasteiger partial charge >= 0.3 is 0 Å².